The average Bonchev–Trinajstić information content (AvgIpc) is 2.16. The molecule has 0 aliphatic carbocycles. The molecule has 1 aromatic rings. The molecule has 0 heterocycles. The van der Waals surface area contributed by atoms with E-state index >= 15 is 0 Å². The normalized spacial score (nSPS) is 15.6. The number of halogens is 1. The van der Waals surface area contributed by atoms with Gasteiger partial charge in [-0.15, -0.1) is 11.6 Å². The summed E-state index contributed by atoms with van der Waals surface area (Å²) >= 11 is 6.39. The third kappa shape index (κ3) is 3.71. The summed E-state index contributed by atoms with van der Waals surface area (Å²) in [5, 5.41) is 0. The van der Waals surface area contributed by atoms with Crippen LogP contribution in [-0.2, 0) is 4.87 Å². The molecule has 0 spiro atoms. The molecule has 16 heavy (non-hydrogen) atoms. The minimum Gasteiger partial charge on any atom is -0.488 e. The molecule has 0 aromatic heterocycles. The second-order valence-corrected chi connectivity index (χ2v) is 6.12. The van der Waals surface area contributed by atoms with E-state index in [1.807, 2.05) is 52.0 Å². The van der Waals surface area contributed by atoms with Crippen LogP contribution in [0.2, 0.25) is 0 Å². The van der Waals surface area contributed by atoms with Crippen LogP contribution < -0.4 is 4.74 Å². The van der Waals surface area contributed by atoms with E-state index in [1.165, 1.54) is 0 Å². The molecule has 90 valence electrons. The molecular weight excluding hydrogens is 220 g/mol. The first-order chi connectivity index (χ1) is 7.24. The minimum atomic E-state index is -0.278. The number of ether oxygens (including phenoxy) is 1. The van der Waals surface area contributed by atoms with E-state index in [-0.39, 0.29) is 10.5 Å². The van der Waals surface area contributed by atoms with Crippen molar-refractivity contribution in [2.75, 3.05) is 0 Å². The van der Waals surface area contributed by atoms with E-state index in [1.54, 1.807) is 0 Å². The smallest absolute Gasteiger partial charge is 0.120 e. The molecule has 0 fully saturated rings. The summed E-state index contributed by atoms with van der Waals surface area (Å²) in [7, 11) is 0. The summed E-state index contributed by atoms with van der Waals surface area (Å²) < 4.78 is 5.76. The van der Waals surface area contributed by atoms with Gasteiger partial charge in [-0.2, -0.15) is 0 Å². The second-order valence-electron chi connectivity index (χ2n) is 5.29. The summed E-state index contributed by atoms with van der Waals surface area (Å²) in [4.78, 5) is -0.278. The molecule has 1 unspecified atom stereocenters. The number of hydrogen-bond donors (Lipinski definition) is 0. The highest BCUT2D eigenvalue weighted by molar-refractivity contribution is 6.23. The van der Waals surface area contributed by atoms with E-state index in [2.05, 4.69) is 6.92 Å². The van der Waals surface area contributed by atoms with Crippen molar-refractivity contribution in [1.82, 2.24) is 0 Å². The van der Waals surface area contributed by atoms with Crippen molar-refractivity contribution in [1.29, 1.82) is 0 Å². The van der Waals surface area contributed by atoms with Gasteiger partial charge in [0.05, 0.1) is 4.87 Å². The van der Waals surface area contributed by atoms with Gasteiger partial charge in [-0.1, -0.05) is 19.1 Å². The van der Waals surface area contributed by atoms with Crippen LogP contribution in [0.1, 0.15) is 46.6 Å². The van der Waals surface area contributed by atoms with E-state index in [4.69, 9.17) is 16.3 Å². The van der Waals surface area contributed by atoms with Crippen molar-refractivity contribution in [2.24, 2.45) is 0 Å². The lowest BCUT2D eigenvalue weighted by molar-refractivity contribution is 0.131. The Bertz CT molecular complexity index is 333. The maximum Gasteiger partial charge on any atom is 0.120 e. The van der Waals surface area contributed by atoms with Crippen molar-refractivity contribution in [2.45, 2.75) is 51.5 Å². The Kier molecular flexibility index (Phi) is 3.90. The van der Waals surface area contributed by atoms with Gasteiger partial charge in [-0.05, 0) is 51.8 Å². The molecule has 0 saturated carbocycles. The van der Waals surface area contributed by atoms with Gasteiger partial charge in [0.1, 0.15) is 11.4 Å². The van der Waals surface area contributed by atoms with Crippen LogP contribution in [0.5, 0.6) is 5.75 Å². The molecule has 0 aliphatic rings. The molecule has 0 aliphatic heterocycles. The summed E-state index contributed by atoms with van der Waals surface area (Å²) in [5.41, 5.74) is 0.981. The fraction of sp³-hybridized carbons (Fsp3) is 0.571. The predicted octanol–water partition coefficient (Wildman–Crippen LogP) is 4.73. The quantitative estimate of drug-likeness (QED) is 0.695. The summed E-state index contributed by atoms with van der Waals surface area (Å²) in [6, 6.07) is 8.04. The van der Waals surface area contributed by atoms with Crippen molar-refractivity contribution in [3.8, 4) is 5.75 Å². The Morgan fingerprint density at radius 2 is 1.56 bits per heavy atom. The number of alkyl halides is 1. The van der Waals surface area contributed by atoms with Crippen LogP contribution in [0.15, 0.2) is 24.3 Å². The fourth-order valence-electron chi connectivity index (χ4n) is 1.43. The topological polar surface area (TPSA) is 9.23 Å². The highest BCUT2D eigenvalue weighted by Crippen LogP contribution is 2.33. The van der Waals surface area contributed by atoms with Gasteiger partial charge >= 0.3 is 0 Å². The van der Waals surface area contributed by atoms with Crippen LogP contribution in [0.3, 0.4) is 0 Å². The van der Waals surface area contributed by atoms with Crippen LogP contribution in [0, 0.1) is 0 Å². The molecule has 0 N–H and O–H groups in total. The Balaban J connectivity index is 2.84. The molecule has 0 saturated heterocycles. The molecule has 1 nitrogen and oxygen atoms in total. The van der Waals surface area contributed by atoms with Crippen LogP contribution >= 0.6 is 11.6 Å². The summed E-state index contributed by atoms with van der Waals surface area (Å²) in [6.07, 6.45) is 0.911. The zero-order valence-corrected chi connectivity index (χ0v) is 11.6. The summed E-state index contributed by atoms with van der Waals surface area (Å²) in [6.45, 7) is 10.2. The van der Waals surface area contributed by atoms with Crippen molar-refractivity contribution < 1.29 is 4.74 Å². The maximum atomic E-state index is 6.39. The molecule has 2 heteroatoms. The molecule has 1 atom stereocenters. The van der Waals surface area contributed by atoms with Gasteiger partial charge in [0.15, 0.2) is 0 Å². The van der Waals surface area contributed by atoms with E-state index in [0.717, 1.165) is 17.7 Å². The first-order valence-corrected chi connectivity index (χ1v) is 6.11. The van der Waals surface area contributed by atoms with Gasteiger partial charge in [0.25, 0.3) is 0 Å². The number of benzene rings is 1. The van der Waals surface area contributed by atoms with Gasteiger partial charge in [-0.25, -0.2) is 0 Å². The van der Waals surface area contributed by atoms with E-state index < -0.39 is 0 Å². The van der Waals surface area contributed by atoms with Gasteiger partial charge < -0.3 is 4.74 Å². The molecule has 0 amide bonds. The van der Waals surface area contributed by atoms with Crippen molar-refractivity contribution in [3.05, 3.63) is 29.8 Å². The highest BCUT2D eigenvalue weighted by Gasteiger charge is 2.21. The van der Waals surface area contributed by atoms with Gasteiger partial charge in [0, 0.05) is 0 Å². The Morgan fingerprint density at radius 1 is 1.06 bits per heavy atom. The van der Waals surface area contributed by atoms with E-state index in [0.29, 0.717) is 0 Å². The lowest BCUT2D eigenvalue weighted by Gasteiger charge is -2.23. The zero-order chi connectivity index (χ0) is 12.4. The lowest BCUT2D eigenvalue weighted by Crippen LogP contribution is -2.23. The Hall–Kier alpha value is -0.690. The third-order valence-corrected chi connectivity index (χ3v) is 3.03. The van der Waals surface area contributed by atoms with Crippen molar-refractivity contribution >= 4 is 11.6 Å². The monoisotopic (exact) mass is 240 g/mol. The molecule has 0 radical (unpaired) electrons. The molecule has 1 aromatic carbocycles. The predicted molar refractivity (Wildman–Crippen MR) is 70.3 cm³/mol. The fourth-order valence-corrected chi connectivity index (χ4v) is 1.55. The molecule has 1 rings (SSSR count). The molecular formula is C14H21ClO. The largest absolute Gasteiger partial charge is 0.488 e. The maximum absolute atomic E-state index is 6.39. The van der Waals surface area contributed by atoms with E-state index in [9.17, 15) is 0 Å². The van der Waals surface area contributed by atoms with Crippen LogP contribution in [-0.4, -0.2) is 5.60 Å². The standard InChI is InChI=1S/C14H21ClO/c1-6-14(5,15)11-7-9-12(10-8-11)16-13(2,3)4/h7-10H,6H2,1-5H3. The van der Waals surface area contributed by atoms with Gasteiger partial charge in [-0.3, -0.25) is 0 Å². The Labute approximate surface area is 104 Å². The number of rotatable bonds is 3. The second kappa shape index (κ2) is 4.67. The van der Waals surface area contributed by atoms with Crippen LogP contribution in [0.4, 0.5) is 0 Å². The highest BCUT2D eigenvalue weighted by atomic mass is 35.5. The third-order valence-electron chi connectivity index (χ3n) is 2.54. The minimum absolute atomic E-state index is 0.156. The zero-order valence-electron chi connectivity index (χ0n) is 10.8. The average molecular weight is 241 g/mol. The first-order valence-electron chi connectivity index (χ1n) is 5.73. The molecule has 0 bridgehead atoms. The van der Waals surface area contributed by atoms with Crippen LogP contribution in [0.25, 0.3) is 0 Å². The van der Waals surface area contributed by atoms with Crippen molar-refractivity contribution in [3.63, 3.8) is 0 Å². The SMILES string of the molecule is CCC(C)(Cl)c1ccc(OC(C)(C)C)cc1. The Morgan fingerprint density at radius 3 is 1.94 bits per heavy atom. The van der Waals surface area contributed by atoms with Gasteiger partial charge in [0.2, 0.25) is 0 Å². The lowest BCUT2D eigenvalue weighted by atomic mass is 9.97. The number of hydrogen-bond acceptors (Lipinski definition) is 1. The summed E-state index contributed by atoms with van der Waals surface area (Å²) in [5.74, 6) is 0.889. The first kappa shape index (κ1) is 13.4.